The molecule has 0 bridgehead atoms. The predicted octanol–water partition coefficient (Wildman–Crippen LogP) is 1.44. The number of nitrogens with zero attached hydrogens (tertiary/aromatic N) is 3. The lowest BCUT2D eigenvalue weighted by Gasteiger charge is -2.33. The first kappa shape index (κ1) is 10.6. The van der Waals surface area contributed by atoms with E-state index in [9.17, 15) is 0 Å². The van der Waals surface area contributed by atoms with Crippen LogP contribution in [0.1, 0.15) is 44.2 Å². The molecule has 0 spiro atoms. The Morgan fingerprint density at radius 3 is 2.93 bits per heavy atom. The van der Waals surface area contributed by atoms with Gasteiger partial charge in [-0.15, -0.1) is 5.10 Å². The van der Waals surface area contributed by atoms with E-state index in [0.29, 0.717) is 5.92 Å². The number of rotatable bonds is 2. The molecule has 1 aliphatic rings. The molecule has 3 unspecified atom stereocenters. The summed E-state index contributed by atoms with van der Waals surface area (Å²) >= 11 is 0. The number of hydrogen-bond donors (Lipinski definition) is 1. The lowest BCUT2D eigenvalue weighted by molar-refractivity contribution is 0.275. The predicted molar refractivity (Wildman–Crippen MR) is 59.4 cm³/mol. The Balaban J connectivity index is 2.16. The summed E-state index contributed by atoms with van der Waals surface area (Å²) in [6, 6.07) is 0.282. The molecule has 1 aromatic heterocycles. The first-order valence-electron chi connectivity index (χ1n) is 5.82. The summed E-state index contributed by atoms with van der Waals surface area (Å²) in [7, 11) is 1.95. The van der Waals surface area contributed by atoms with E-state index in [1.807, 2.05) is 17.9 Å². The van der Waals surface area contributed by atoms with E-state index in [0.717, 1.165) is 12.3 Å². The van der Waals surface area contributed by atoms with Crippen molar-refractivity contribution >= 4 is 0 Å². The van der Waals surface area contributed by atoms with Crippen LogP contribution in [0.15, 0.2) is 6.20 Å². The van der Waals surface area contributed by atoms with E-state index in [4.69, 9.17) is 5.73 Å². The average Bonchev–Trinajstić information content (AvgIpc) is 2.65. The van der Waals surface area contributed by atoms with Crippen LogP contribution in [-0.2, 0) is 7.05 Å². The van der Waals surface area contributed by atoms with Gasteiger partial charge in [-0.3, -0.25) is 4.68 Å². The minimum Gasteiger partial charge on any atom is -0.327 e. The maximum absolute atomic E-state index is 6.19. The Morgan fingerprint density at radius 1 is 1.53 bits per heavy atom. The Bertz CT molecular complexity index is 320. The van der Waals surface area contributed by atoms with Crippen LogP contribution in [0.2, 0.25) is 0 Å². The molecule has 2 rings (SSSR count). The minimum absolute atomic E-state index is 0.282. The topological polar surface area (TPSA) is 56.7 Å². The van der Waals surface area contributed by atoms with E-state index >= 15 is 0 Å². The monoisotopic (exact) mass is 208 g/mol. The van der Waals surface area contributed by atoms with Crippen LogP contribution in [0.25, 0.3) is 0 Å². The van der Waals surface area contributed by atoms with Crippen LogP contribution in [0, 0.1) is 5.92 Å². The summed E-state index contributed by atoms with van der Waals surface area (Å²) in [5.41, 5.74) is 7.38. The normalized spacial score (nSPS) is 31.8. The highest BCUT2D eigenvalue weighted by Gasteiger charge is 2.30. The van der Waals surface area contributed by atoms with E-state index in [1.54, 1.807) is 0 Å². The van der Waals surface area contributed by atoms with E-state index < -0.39 is 0 Å². The lowest BCUT2D eigenvalue weighted by Crippen LogP contribution is -2.35. The maximum atomic E-state index is 6.19. The van der Waals surface area contributed by atoms with Gasteiger partial charge in [0.15, 0.2) is 0 Å². The van der Waals surface area contributed by atoms with Crippen LogP contribution < -0.4 is 5.73 Å². The van der Waals surface area contributed by atoms with Crippen LogP contribution in [-0.4, -0.2) is 21.0 Å². The molecule has 1 heterocycles. The summed E-state index contributed by atoms with van der Waals surface area (Å²) in [6.45, 7) is 2.26. The standard InChI is InChI=1S/C11H20N4/c1-3-8-4-5-10(12)9(6-8)11-7-13-14-15(11)2/h7-10H,3-6,12H2,1-2H3. The van der Waals surface area contributed by atoms with Gasteiger partial charge in [0.25, 0.3) is 0 Å². The molecule has 1 saturated carbocycles. The van der Waals surface area contributed by atoms with Crippen molar-refractivity contribution < 1.29 is 0 Å². The number of aryl methyl sites for hydroxylation is 1. The highest BCUT2D eigenvalue weighted by Crippen LogP contribution is 2.36. The summed E-state index contributed by atoms with van der Waals surface area (Å²) in [5, 5.41) is 7.93. The fourth-order valence-electron chi connectivity index (χ4n) is 2.63. The highest BCUT2D eigenvalue weighted by molar-refractivity contribution is 5.08. The molecule has 2 N–H and O–H groups in total. The molecular formula is C11H20N4. The molecule has 4 heteroatoms. The van der Waals surface area contributed by atoms with Gasteiger partial charge in [0.1, 0.15) is 0 Å². The van der Waals surface area contributed by atoms with Crippen LogP contribution in [0.4, 0.5) is 0 Å². The molecule has 1 aliphatic carbocycles. The second-order valence-corrected chi connectivity index (χ2v) is 4.64. The van der Waals surface area contributed by atoms with Gasteiger partial charge >= 0.3 is 0 Å². The van der Waals surface area contributed by atoms with Crippen LogP contribution >= 0.6 is 0 Å². The van der Waals surface area contributed by atoms with Crippen molar-refractivity contribution in [1.82, 2.24) is 15.0 Å². The first-order chi connectivity index (χ1) is 7.22. The summed E-state index contributed by atoms with van der Waals surface area (Å²) in [4.78, 5) is 0. The second kappa shape index (κ2) is 4.31. The van der Waals surface area contributed by atoms with Gasteiger partial charge in [0.2, 0.25) is 0 Å². The summed E-state index contributed by atoms with van der Waals surface area (Å²) in [6.07, 6.45) is 6.73. The molecule has 0 amide bonds. The molecule has 4 nitrogen and oxygen atoms in total. The van der Waals surface area contributed by atoms with E-state index in [1.165, 1.54) is 25.0 Å². The number of nitrogens with two attached hydrogens (primary N) is 1. The van der Waals surface area contributed by atoms with Gasteiger partial charge < -0.3 is 5.73 Å². The molecule has 15 heavy (non-hydrogen) atoms. The SMILES string of the molecule is CCC1CCC(N)C(c2cnnn2C)C1. The third-order valence-corrected chi connectivity index (χ3v) is 3.72. The van der Waals surface area contributed by atoms with Gasteiger partial charge in [-0.25, -0.2) is 0 Å². The molecule has 0 aromatic carbocycles. The third-order valence-electron chi connectivity index (χ3n) is 3.72. The van der Waals surface area contributed by atoms with E-state index in [-0.39, 0.29) is 6.04 Å². The quantitative estimate of drug-likeness (QED) is 0.800. The largest absolute Gasteiger partial charge is 0.327 e. The van der Waals surface area contributed by atoms with Crippen molar-refractivity contribution in [2.24, 2.45) is 18.7 Å². The highest BCUT2D eigenvalue weighted by atomic mass is 15.4. The van der Waals surface area contributed by atoms with Crippen molar-refractivity contribution in [3.63, 3.8) is 0 Å². The molecule has 0 aliphatic heterocycles. The summed E-state index contributed by atoms with van der Waals surface area (Å²) < 4.78 is 1.86. The third kappa shape index (κ3) is 2.04. The van der Waals surface area contributed by atoms with Crippen LogP contribution in [0.3, 0.4) is 0 Å². The molecule has 1 fully saturated rings. The summed E-state index contributed by atoms with van der Waals surface area (Å²) in [5.74, 6) is 1.27. The Morgan fingerprint density at radius 2 is 2.33 bits per heavy atom. The molecule has 84 valence electrons. The zero-order chi connectivity index (χ0) is 10.8. The van der Waals surface area contributed by atoms with Gasteiger partial charge in [-0.05, 0) is 25.2 Å². The molecular weight excluding hydrogens is 188 g/mol. The van der Waals surface area contributed by atoms with Crippen molar-refractivity contribution in [2.75, 3.05) is 0 Å². The van der Waals surface area contributed by atoms with Gasteiger partial charge in [-0.2, -0.15) is 0 Å². The maximum Gasteiger partial charge on any atom is 0.0728 e. The van der Waals surface area contributed by atoms with Crippen LogP contribution in [0.5, 0.6) is 0 Å². The number of hydrogen-bond acceptors (Lipinski definition) is 3. The first-order valence-corrected chi connectivity index (χ1v) is 5.82. The average molecular weight is 208 g/mol. The second-order valence-electron chi connectivity index (χ2n) is 4.64. The smallest absolute Gasteiger partial charge is 0.0728 e. The number of aromatic nitrogens is 3. The molecule has 3 atom stereocenters. The van der Waals surface area contributed by atoms with Gasteiger partial charge in [0.05, 0.1) is 11.9 Å². The molecule has 0 saturated heterocycles. The fraction of sp³-hybridized carbons (Fsp3) is 0.818. The van der Waals surface area contributed by atoms with Gasteiger partial charge in [-0.1, -0.05) is 18.6 Å². The zero-order valence-corrected chi connectivity index (χ0v) is 9.56. The molecule has 1 aromatic rings. The Hall–Kier alpha value is -0.900. The fourth-order valence-corrected chi connectivity index (χ4v) is 2.63. The van der Waals surface area contributed by atoms with Crippen molar-refractivity contribution in [3.05, 3.63) is 11.9 Å². The van der Waals surface area contributed by atoms with Crippen molar-refractivity contribution in [1.29, 1.82) is 0 Å². The Kier molecular flexibility index (Phi) is 3.05. The van der Waals surface area contributed by atoms with E-state index in [2.05, 4.69) is 17.2 Å². The lowest BCUT2D eigenvalue weighted by atomic mass is 9.76. The van der Waals surface area contributed by atoms with Gasteiger partial charge in [0, 0.05) is 19.0 Å². The van der Waals surface area contributed by atoms with Crippen molar-refractivity contribution in [3.8, 4) is 0 Å². The Labute approximate surface area is 90.8 Å². The van der Waals surface area contributed by atoms with Crippen molar-refractivity contribution in [2.45, 2.75) is 44.6 Å². The zero-order valence-electron chi connectivity index (χ0n) is 9.56. The minimum atomic E-state index is 0.282. The molecule has 0 radical (unpaired) electrons.